The second-order valence-electron chi connectivity index (χ2n) is 4.47. The maximum atomic E-state index is 12.1. The van der Waals surface area contributed by atoms with Crippen LogP contribution in [0.3, 0.4) is 0 Å². The Morgan fingerprint density at radius 1 is 0.762 bits per heavy atom. The van der Waals surface area contributed by atoms with Crippen LogP contribution in [0.5, 0.6) is 0 Å². The highest BCUT2D eigenvalue weighted by molar-refractivity contribution is 6.03. The van der Waals surface area contributed by atoms with Crippen molar-refractivity contribution in [3.63, 3.8) is 0 Å². The molecule has 0 aliphatic carbocycles. The summed E-state index contributed by atoms with van der Waals surface area (Å²) in [5, 5.41) is 2.66. The molecule has 1 heterocycles. The number of aromatic nitrogens is 2. The first kappa shape index (κ1) is 13.0. The van der Waals surface area contributed by atoms with Crippen LogP contribution >= 0.6 is 0 Å². The van der Waals surface area contributed by atoms with Crippen LogP contribution in [-0.2, 0) is 0 Å². The summed E-state index contributed by atoms with van der Waals surface area (Å²) in [6.07, 6.45) is 3.17. The molecular weight excluding hydrogens is 262 g/mol. The Kier molecular flexibility index (Phi) is 3.69. The number of hydrogen-bond acceptors (Lipinski definition) is 3. The molecule has 3 aromatic rings. The topological polar surface area (TPSA) is 54.9 Å². The van der Waals surface area contributed by atoms with Crippen LogP contribution in [0.1, 0.15) is 10.4 Å². The Bertz CT molecular complexity index is 725. The maximum Gasteiger partial charge on any atom is 0.258 e. The molecular formula is C17H13N3O. The number of rotatable bonds is 3. The van der Waals surface area contributed by atoms with Crippen molar-refractivity contribution in [2.75, 3.05) is 5.32 Å². The fourth-order valence-electron chi connectivity index (χ4n) is 1.98. The van der Waals surface area contributed by atoms with Crippen LogP contribution < -0.4 is 5.32 Å². The average Bonchev–Trinajstić information content (AvgIpc) is 2.57. The summed E-state index contributed by atoms with van der Waals surface area (Å²) < 4.78 is 0. The summed E-state index contributed by atoms with van der Waals surface area (Å²) >= 11 is 0. The van der Waals surface area contributed by atoms with E-state index in [1.54, 1.807) is 30.6 Å². The van der Waals surface area contributed by atoms with Gasteiger partial charge in [0.2, 0.25) is 5.95 Å². The number of carbonyl (C=O) groups is 1. The number of amides is 1. The largest absolute Gasteiger partial charge is 0.290 e. The van der Waals surface area contributed by atoms with Crippen LogP contribution in [0.4, 0.5) is 5.95 Å². The molecule has 4 heteroatoms. The lowest BCUT2D eigenvalue weighted by Gasteiger charge is -2.05. The molecule has 0 atom stereocenters. The zero-order valence-corrected chi connectivity index (χ0v) is 11.2. The zero-order valence-electron chi connectivity index (χ0n) is 11.2. The van der Waals surface area contributed by atoms with E-state index in [-0.39, 0.29) is 5.91 Å². The minimum absolute atomic E-state index is 0.221. The second kappa shape index (κ2) is 5.96. The van der Waals surface area contributed by atoms with Gasteiger partial charge >= 0.3 is 0 Å². The van der Waals surface area contributed by atoms with Crippen molar-refractivity contribution >= 4 is 11.9 Å². The van der Waals surface area contributed by atoms with Gasteiger partial charge in [0.1, 0.15) is 0 Å². The van der Waals surface area contributed by atoms with Gasteiger partial charge in [0.25, 0.3) is 5.91 Å². The quantitative estimate of drug-likeness (QED) is 0.797. The van der Waals surface area contributed by atoms with Gasteiger partial charge < -0.3 is 0 Å². The van der Waals surface area contributed by atoms with Gasteiger partial charge in [-0.1, -0.05) is 42.5 Å². The van der Waals surface area contributed by atoms with E-state index in [0.717, 1.165) is 11.1 Å². The summed E-state index contributed by atoms with van der Waals surface area (Å²) in [5.41, 5.74) is 2.76. The molecule has 0 saturated heterocycles. The van der Waals surface area contributed by atoms with E-state index in [2.05, 4.69) is 15.3 Å². The molecule has 102 valence electrons. The van der Waals surface area contributed by atoms with Crippen molar-refractivity contribution < 1.29 is 4.79 Å². The highest BCUT2D eigenvalue weighted by Gasteiger charge is 2.07. The van der Waals surface area contributed by atoms with E-state index >= 15 is 0 Å². The van der Waals surface area contributed by atoms with Crippen molar-refractivity contribution in [3.05, 3.63) is 78.6 Å². The molecule has 0 radical (unpaired) electrons. The molecule has 1 amide bonds. The van der Waals surface area contributed by atoms with Gasteiger partial charge in [-0.3, -0.25) is 10.1 Å². The third-order valence-corrected chi connectivity index (χ3v) is 3.05. The molecule has 0 saturated carbocycles. The normalized spacial score (nSPS) is 10.1. The van der Waals surface area contributed by atoms with Crippen LogP contribution in [0.15, 0.2) is 73.1 Å². The Hall–Kier alpha value is -3.01. The number of benzene rings is 2. The minimum Gasteiger partial charge on any atom is -0.290 e. The molecule has 0 aliphatic rings. The van der Waals surface area contributed by atoms with Gasteiger partial charge in [-0.2, -0.15) is 0 Å². The van der Waals surface area contributed by atoms with Crippen LogP contribution in [0.25, 0.3) is 11.1 Å². The van der Waals surface area contributed by atoms with E-state index in [9.17, 15) is 4.79 Å². The summed E-state index contributed by atoms with van der Waals surface area (Å²) in [7, 11) is 0. The van der Waals surface area contributed by atoms with Crippen LogP contribution in [0, 0.1) is 0 Å². The van der Waals surface area contributed by atoms with Crippen molar-refractivity contribution in [1.29, 1.82) is 0 Å². The molecule has 0 bridgehead atoms. The van der Waals surface area contributed by atoms with Crippen molar-refractivity contribution in [1.82, 2.24) is 9.97 Å². The molecule has 1 N–H and O–H groups in total. The van der Waals surface area contributed by atoms with E-state index in [1.165, 1.54) is 0 Å². The number of nitrogens with zero attached hydrogens (tertiary/aromatic N) is 2. The van der Waals surface area contributed by atoms with E-state index < -0.39 is 0 Å². The Labute approximate surface area is 122 Å². The molecule has 0 spiro atoms. The molecule has 0 unspecified atom stereocenters. The predicted octanol–water partition coefficient (Wildman–Crippen LogP) is 3.40. The lowest BCUT2D eigenvalue weighted by molar-refractivity contribution is 0.102. The van der Waals surface area contributed by atoms with Gasteiger partial charge in [0.15, 0.2) is 0 Å². The third-order valence-electron chi connectivity index (χ3n) is 3.05. The van der Waals surface area contributed by atoms with Gasteiger partial charge in [-0.15, -0.1) is 0 Å². The second-order valence-corrected chi connectivity index (χ2v) is 4.47. The first-order valence-electron chi connectivity index (χ1n) is 6.57. The smallest absolute Gasteiger partial charge is 0.258 e. The molecule has 0 fully saturated rings. The molecule has 3 rings (SSSR count). The van der Waals surface area contributed by atoms with Gasteiger partial charge in [-0.05, 0) is 29.3 Å². The first-order chi connectivity index (χ1) is 10.3. The lowest BCUT2D eigenvalue weighted by Crippen LogP contribution is -2.13. The lowest BCUT2D eigenvalue weighted by atomic mass is 10.0. The fourth-order valence-corrected chi connectivity index (χ4v) is 1.98. The maximum absolute atomic E-state index is 12.1. The van der Waals surface area contributed by atoms with E-state index in [1.807, 2.05) is 42.5 Å². The molecule has 2 aromatic carbocycles. The third kappa shape index (κ3) is 3.12. The monoisotopic (exact) mass is 275 g/mol. The van der Waals surface area contributed by atoms with Crippen molar-refractivity contribution in [2.24, 2.45) is 0 Å². The Morgan fingerprint density at radius 2 is 1.38 bits per heavy atom. The zero-order chi connectivity index (χ0) is 14.5. The summed E-state index contributed by atoms with van der Waals surface area (Å²) in [4.78, 5) is 20.0. The molecule has 21 heavy (non-hydrogen) atoms. The van der Waals surface area contributed by atoms with Gasteiger partial charge in [0, 0.05) is 18.0 Å². The number of hydrogen-bond donors (Lipinski definition) is 1. The summed E-state index contributed by atoms with van der Waals surface area (Å²) in [6, 6.07) is 19.2. The number of carbonyl (C=O) groups excluding carboxylic acids is 1. The van der Waals surface area contributed by atoms with Crippen molar-refractivity contribution in [2.45, 2.75) is 0 Å². The van der Waals surface area contributed by atoms with Crippen LogP contribution in [-0.4, -0.2) is 15.9 Å². The molecule has 4 nitrogen and oxygen atoms in total. The SMILES string of the molecule is O=C(Nc1ncccn1)c1ccc(-c2ccccc2)cc1. The Morgan fingerprint density at radius 3 is 2.05 bits per heavy atom. The van der Waals surface area contributed by atoms with E-state index in [0.29, 0.717) is 11.5 Å². The van der Waals surface area contributed by atoms with Crippen molar-refractivity contribution in [3.8, 4) is 11.1 Å². The number of nitrogens with one attached hydrogen (secondary N) is 1. The van der Waals surface area contributed by atoms with Gasteiger partial charge in [0.05, 0.1) is 0 Å². The molecule has 0 aliphatic heterocycles. The minimum atomic E-state index is -0.221. The fraction of sp³-hybridized carbons (Fsp3) is 0. The summed E-state index contributed by atoms with van der Waals surface area (Å²) in [6.45, 7) is 0. The van der Waals surface area contributed by atoms with Gasteiger partial charge in [-0.25, -0.2) is 9.97 Å². The summed E-state index contributed by atoms with van der Waals surface area (Å²) in [5.74, 6) is 0.0791. The predicted molar refractivity (Wildman–Crippen MR) is 81.9 cm³/mol. The highest BCUT2D eigenvalue weighted by Crippen LogP contribution is 2.19. The molecule has 1 aromatic heterocycles. The average molecular weight is 275 g/mol. The number of anilines is 1. The standard InChI is InChI=1S/C17H13N3O/c21-16(20-17-18-11-4-12-19-17)15-9-7-14(8-10-15)13-5-2-1-3-6-13/h1-12H,(H,18,19,20,21). The van der Waals surface area contributed by atoms with E-state index in [4.69, 9.17) is 0 Å². The van der Waals surface area contributed by atoms with Crippen LogP contribution in [0.2, 0.25) is 0 Å². The Balaban J connectivity index is 1.77. The first-order valence-corrected chi connectivity index (χ1v) is 6.57. The highest BCUT2D eigenvalue weighted by atomic mass is 16.1.